The molecule has 1 aromatic heterocycles. The van der Waals surface area contributed by atoms with E-state index in [0.29, 0.717) is 13.0 Å². The highest BCUT2D eigenvalue weighted by atomic mass is 32.2. The number of carboxylic acids is 1. The van der Waals surface area contributed by atoms with Crippen LogP contribution in [0.1, 0.15) is 20.3 Å². The van der Waals surface area contributed by atoms with Crippen molar-refractivity contribution in [1.29, 1.82) is 0 Å². The standard InChI is InChI=1S/C10H17N3O4S/c1-3-8(10(14)15)5-12-18(16,17)9-6-13(4-2)7-11-9/h6-8,12H,3-5H2,1-2H3,(H,14,15). The van der Waals surface area contributed by atoms with Gasteiger partial charge >= 0.3 is 5.97 Å². The molecule has 1 heterocycles. The first-order valence-electron chi connectivity index (χ1n) is 5.65. The van der Waals surface area contributed by atoms with Crippen LogP contribution in [0, 0.1) is 5.92 Å². The van der Waals surface area contributed by atoms with Crippen LogP contribution in [0.2, 0.25) is 0 Å². The van der Waals surface area contributed by atoms with Crippen molar-refractivity contribution in [2.75, 3.05) is 6.54 Å². The lowest BCUT2D eigenvalue weighted by molar-refractivity contribution is -0.141. The summed E-state index contributed by atoms with van der Waals surface area (Å²) >= 11 is 0. The zero-order valence-electron chi connectivity index (χ0n) is 10.3. The van der Waals surface area contributed by atoms with Crippen LogP contribution < -0.4 is 4.72 Å². The SMILES string of the molecule is CCC(CNS(=O)(=O)c1cn(CC)cn1)C(=O)O. The first-order valence-corrected chi connectivity index (χ1v) is 7.13. The van der Waals surface area contributed by atoms with Crippen molar-refractivity contribution in [3.05, 3.63) is 12.5 Å². The minimum atomic E-state index is -3.73. The molecular formula is C10H17N3O4S. The van der Waals surface area contributed by atoms with Gasteiger partial charge in [0, 0.05) is 19.3 Å². The largest absolute Gasteiger partial charge is 0.481 e. The van der Waals surface area contributed by atoms with Crippen LogP contribution in [0.25, 0.3) is 0 Å². The van der Waals surface area contributed by atoms with Gasteiger partial charge in [-0.1, -0.05) is 6.92 Å². The summed E-state index contributed by atoms with van der Waals surface area (Å²) in [5, 5.41) is 8.74. The Morgan fingerprint density at radius 2 is 2.22 bits per heavy atom. The molecule has 0 spiro atoms. The van der Waals surface area contributed by atoms with Gasteiger partial charge in [-0.25, -0.2) is 18.1 Å². The molecule has 1 aromatic rings. The zero-order chi connectivity index (χ0) is 13.8. The van der Waals surface area contributed by atoms with Crippen molar-refractivity contribution in [2.45, 2.75) is 31.8 Å². The Bertz CT molecular complexity index is 509. The van der Waals surface area contributed by atoms with E-state index < -0.39 is 21.9 Å². The lowest BCUT2D eigenvalue weighted by Crippen LogP contribution is -2.32. The minimum Gasteiger partial charge on any atom is -0.481 e. The summed E-state index contributed by atoms with van der Waals surface area (Å²) < 4.78 is 27.5. The molecule has 0 bridgehead atoms. The Balaban J connectivity index is 2.73. The van der Waals surface area contributed by atoms with Gasteiger partial charge in [0.1, 0.15) is 0 Å². The zero-order valence-corrected chi connectivity index (χ0v) is 11.1. The van der Waals surface area contributed by atoms with Crippen molar-refractivity contribution in [2.24, 2.45) is 5.92 Å². The number of rotatable bonds is 7. The molecule has 1 atom stereocenters. The van der Waals surface area contributed by atoms with Gasteiger partial charge < -0.3 is 9.67 Å². The molecule has 0 radical (unpaired) electrons. The second-order valence-corrected chi connectivity index (χ2v) is 5.55. The number of nitrogens with zero attached hydrogens (tertiary/aromatic N) is 2. The first kappa shape index (κ1) is 14.7. The maximum absolute atomic E-state index is 11.8. The van der Waals surface area contributed by atoms with E-state index in [2.05, 4.69) is 9.71 Å². The van der Waals surface area contributed by atoms with Crippen LogP contribution in [0.4, 0.5) is 0 Å². The second-order valence-electron chi connectivity index (χ2n) is 3.84. The molecule has 0 saturated carbocycles. The van der Waals surface area contributed by atoms with Gasteiger partial charge in [0.05, 0.1) is 12.2 Å². The molecule has 2 N–H and O–H groups in total. The molecule has 0 aromatic carbocycles. The van der Waals surface area contributed by atoms with E-state index in [-0.39, 0.29) is 11.6 Å². The van der Waals surface area contributed by atoms with Gasteiger partial charge in [0.25, 0.3) is 10.0 Å². The monoisotopic (exact) mass is 275 g/mol. The fraction of sp³-hybridized carbons (Fsp3) is 0.600. The normalized spacial score (nSPS) is 13.4. The summed E-state index contributed by atoms with van der Waals surface area (Å²) in [6.07, 6.45) is 3.19. The average molecular weight is 275 g/mol. The number of carbonyl (C=O) groups is 1. The van der Waals surface area contributed by atoms with Gasteiger partial charge in [-0.3, -0.25) is 4.79 Å². The van der Waals surface area contributed by atoms with Gasteiger partial charge in [0.2, 0.25) is 0 Å². The maximum Gasteiger partial charge on any atom is 0.307 e. The van der Waals surface area contributed by atoms with Crippen LogP contribution in [0.3, 0.4) is 0 Å². The van der Waals surface area contributed by atoms with Crippen molar-refractivity contribution in [3.63, 3.8) is 0 Å². The Morgan fingerprint density at radius 3 is 2.67 bits per heavy atom. The Hall–Kier alpha value is -1.41. The van der Waals surface area contributed by atoms with Crippen molar-refractivity contribution < 1.29 is 18.3 Å². The number of sulfonamides is 1. The van der Waals surface area contributed by atoms with E-state index in [1.807, 2.05) is 6.92 Å². The lowest BCUT2D eigenvalue weighted by Gasteiger charge is -2.10. The Labute approximate surface area is 106 Å². The van der Waals surface area contributed by atoms with Crippen LogP contribution in [0.5, 0.6) is 0 Å². The van der Waals surface area contributed by atoms with E-state index in [9.17, 15) is 13.2 Å². The molecule has 0 aliphatic carbocycles. The van der Waals surface area contributed by atoms with Crippen molar-refractivity contribution >= 4 is 16.0 Å². The molecule has 1 unspecified atom stereocenters. The third-order valence-electron chi connectivity index (χ3n) is 2.61. The third kappa shape index (κ3) is 3.54. The number of carboxylic acid groups (broad SMARTS) is 1. The van der Waals surface area contributed by atoms with Crippen LogP contribution in [0.15, 0.2) is 17.6 Å². The molecule has 1 rings (SSSR count). The van der Waals surface area contributed by atoms with Crippen molar-refractivity contribution in [1.82, 2.24) is 14.3 Å². The quantitative estimate of drug-likeness (QED) is 0.745. The summed E-state index contributed by atoms with van der Waals surface area (Å²) in [5.74, 6) is -1.74. The Morgan fingerprint density at radius 1 is 1.56 bits per heavy atom. The molecule has 8 heteroatoms. The number of aliphatic carboxylic acids is 1. The third-order valence-corrected chi connectivity index (χ3v) is 3.92. The predicted octanol–water partition coefficient (Wildman–Crippen LogP) is 0.292. The molecule has 0 amide bonds. The molecular weight excluding hydrogens is 258 g/mol. The van der Waals surface area contributed by atoms with E-state index in [4.69, 9.17) is 5.11 Å². The summed E-state index contributed by atoms with van der Waals surface area (Å²) in [7, 11) is -3.73. The summed E-state index contributed by atoms with van der Waals surface area (Å²) in [4.78, 5) is 14.6. The number of imidazole rings is 1. The molecule has 102 valence electrons. The lowest BCUT2D eigenvalue weighted by atomic mass is 10.1. The molecule has 0 aliphatic heterocycles. The molecule has 0 aliphatic rings. The maximum atomic E-state index is 11.8. The molecule has 0 fully saturated rings. The molecule has 18 heavy (non-hydrogen) atoms. The number of hydrogen-bond donors (Lipinski definition) is 2. The van der Waals surface area contributed by atoms with Gasteiger partial charge in [0.15, 0.2) is 5.03 Å². The van der Waals surface area contributed by atoms with E-state index >= 15 is 0 Å². The number of aryl methyl sites for hydroxylation is 1. The highest BCUT2D eigenvalue weighted by Crippen LogP contribution is 2.07. The highest BCUT2D eigenvalue weighted by molar-refractivity contribution is 7.89. The molecule has 7 nitrogen and oxygen atoms in total. The van der Waals surface area contributed by atoms with Gasteiger partial charge in [-0.15, -0.1) is 0 Å². The predicted molar refractivity (Wildman–Crippen MR) is 64.5 cm³/mol. The van der Waals surface area contributed by atoms with Gasteiger partial charge in [-0.2, -0.15) is 0 Å². The highest BCUT2D eigenvalue weighted by Gasteiger charge is 2.21. The smallest absolute Gasteiger partial charge is 0.307 e. The van der Waals surface area contributed by atoms with Gasteiger partial charge in [-0.05, 0) is 13.3 Å². The number of nitrogens with one attached hydrogen (secondary N) is 1. The number of hydrogen-bond acceptors (Lipinski definition) is 4. The first-order chi connectivity index (χ1) is 8.40. The van der Waals surface area contributed by atoms with Crippen molar-refractivity contribution in [3.8, 4) is 0 Å². The second kappa shape index (κ2) is 5.96. The summed E-state index contributed by atoms with van der Waals surface area (Å²) in [5.41, 5.74) is 0. The fourth-order valence-corrected chi connectivity index (χ4v) is 2.37. The number of aromatic nitrogens is 2. The van der Waals surface area contributed by atoms with E-state index in [1.165, 1.54) is 12.5 Å². The Kier molecular flexibility index (Phi) is 4.85. The average Bonchev–Trinajstić information content (AvgIpc) is 2.78. The summed E-state index contributed by atoms with van der Waals surface area (Å²) in [6.45, 7) is 4.05. The van der Waals surface area contributed by atoms with Crippen LogP contribution in [-0.2, 0) is 21.4 Å². The van der Waals surface area contributed by atoms with E-state index in [0.717, 1.165) is 0 Å². The fourth-order valence-electron chi connectivity index (χ4n) is 1.34. The van der Waals surface area contributed by atoms with E-state index in [1.54, 1.807) is 11.5 Å². The van der Waals surface area contributed by atoms with Crippen LogP contribution >= 0.6 is 0 Å². The minimum absolute atomic E-state index is 0.0930. The topological polar surface area (TPSA) is 101 Å². The van der Waals surface area contributed by atoms with Crippen LogP contribution in [-0.4, -0.2) is 35.6 Å². The molecule has 0 saturated heterocycles. The summed E-state index contributed by atoms with van der Waals surface area (Å²) in [6, 6.07) is 0.